The molecule has 1 aliphatic heterocycles. The largest absolute Gasteiger partial charge is 0.453 e. The van der Waals surface area contributed by atoms with E-state index in [0.717, 1.165) is 51.6 Å². The van der Waals surface area contributed by atoms with Crippen LogP contribution in [-0.4, -0.2) is 14.5 Å². The highest BCUT2D eigenvalue weighted by Crippen LogP contribution is 2.43. The summed E-state index contributed by atoms with van der Waals surface area (Å²) in [6.07, 6.45) is 4.47. The summed E-state index contributed by atoms with van der Waals surface area (Å²) in [5.41, 5.74) is 5.26. The predicted octanol–water partition coefficient (Wildman–Crippen LogP) is 4.76. The normalized spacial score (nSPS) is 12.0. The van der Waals surface area contributed by atoms with Crippen molar-refractivity contribution in [3.8, 4) is 28.3 Å². The third kappa shape index (κ3) is 1.80. The van der Waals surface area contributed by atoms with E-state index < -0.39 is 0 Å². The summed E-state index contributed by atoms with van der Waals surface area (Å²) in [7, 11) is 0. The number of benzene rings is 2. The van der Waals surface area contributed by atoms with Gasteiger partial charge in [-0.3, -0.25) is 9.55 Å². The first-order valence-electron chi connectivity index (χ1n) is 8.08. The summed E-state index contributed by atoms with van der Waals surface area (Å²) in [6.45, 7) is 2.13. The van der Waals surface area contributed by atoms with Crippen LogP contribution in [0.2, 0.25) is 0 Å². The van der Waals surface area contributed by atoms with Crippen molar-refractivity contribution in [3.63, 3.8) is 0 Å². The van der Waals surface area contributed by atoms with Gasteiger partial charge in [0.05, 0.1) is 11.2 Å². The first kappa shape index (κ1) is 13.3. The number of para-hydroxylation sites is 2. The molecule has 0 N–H and O–H groups in total. The van der Waals surface area contributed by atoms with Crippen LogP contribution in [0.4, 0.5) is 0 Å². The Morgan fingerprint density at radius 3 is 2.62 bits per heavy atom. The van der Waals surface area contributed by atoms with Crippen molar-refractivity contribution in [2.24, 2.45) is 0 Å². The zero-order valence-corrected chi connectivity index (χ0v) is 13.2. The van der Waals surface area contributed by atoms with Gasteiger partial charge in [-0.1, -0.05) is 19.1 Å². The Morgan fingerprint density at radius 1 is 0.958 bits per heavy atom. The number of fused-ring (bicyclic) bond motifs is 2. The minimum absolute atomic E-state index is 0.852. The number of hydrogen-bond acceptors (Lipinski definition) is 3. The molecule has 0 saturated carbocycles. The predicted molar refractivity (Wildman–Crippen MR) is 93.8 cm³/mol. The molecule has 5 rings (SSSR count). The van der Waals surface area contributed by atoms with Gasteiger partial charge in [0.1, 0.15) is 11.3 Å². The summed E-state index contributed by atoms with van der Waals surface area (Å²) in [4.78, 5) is 8.95. The van der Waals surface area contributed by atoms with Gasteiger partial charge in [0.25, 0.3) is 0 Å². The van der Waals surface area contributed by atoms with E-state index in [1.165, 1.54) is 0 Å². The van der Waals surface area contributed by atoms with Crippen LogP contribution in [0.25, 0.3) is 27.8 Å². The molecule has 0 unspecified atom stereocenters. The van der Waals surface area contributed by atoms with Crippen molar-refractivity contribution >= 4 is 11.0 Å². The minimum atomic E-state index is 0.852. The number of nitrogens with zero attached hydrogens (tertiary/aromatic N) is 3. The van der Waals surface area contributed by atoms with Crippen LogP contribution in [0, 0.1) is 0 Å². The van der Waals surface area contributed by atoms with Gasteiger partial charge in [-0.05, 0) is 47.5 Å². The zero-order chi connectivity index (χ0) is 16.1. The van der Waals surface area contributed by atoms with Crippen molar-refractivity contribution in [3.05, 3.63) is 66.7 Å². The van der Waals surface area contributed by atoms with Crippen molar-refractivity contribution in [2.75, 3.05) is 0 Å². The summed E-state index contributed by atoms with van der Waals surface area (Å²) in [6, 6.07) is 16.3. The topological polar surface area (TPSA) is 39.9 Å². The van der Waals surface area contributed by atoms with Gasteiger partial charge in [0.2, 0.25) is 0 Å². The monoisotopic (exact) mass is 313 g/mol. The fraction of sp³-hybridized carbons (Fsp3) is 0.100. The number of aromatic nitrogens is 3. The van der Waals surface area contributed by atoms with Crippen molar-refractivity contribution < 1.29 is 4.74 Å². The van der Waals surface area contributed by atoms with Crippen LogP contribution in [0.1, 0.15) is 12.7 Å². The lowest BCUT2D eigenvalue weighted by Crippen LogP contribution is -2.07. The van der Waals surface area contributed by atoms with Crippen LogP contribution in [0.3, 0.4) is 0 Å². The molecule has 0 radical (unpaired) electrons. The van der Waals surface area contributed by atoms with Crippen LogP contribution in [0.5, 0.6) is 11.5 Å². The lowest BCUT2D eigenvalue weighted by molar-refractivity contribution is 0.474. The van der Waals surface area contributed by atoms with E-state index in [4.69, 9.17) is 9.72 Å². The quantitative estimate of drug-likeness (QED) is 0.472. The molecule has 2 aromatic carbocycles. The molecule has 4 aromatic rings. The van der Waals surface area contributed by atoms with Crippen LogP contribution in [-0.2, 0) is 6.42 Å². The maximum atomic E-state index is 6.19. The van der Waals surface area contributed by atoms with Gasteiger partial charge in [-0.25, -0.2) is 4.98 Å². The number of rotatable bonds is 2. The van der Waals surface area contributed by atoms with E-state index in [1.807, 2.05) is 30.3 Å². The van der Waals surface area contributed by atoms with E-state index >= 15 is 0 Å². The molecule has 0 fully saturated rings. The molecule has 116 valence electrons. The Bertz CT molecular complexity index is 1070. The second-order valence-corrected chi connectivity index (χ2v) is 5.86. The zero-order valence-electron chi connectivity index (χ0n) is 13.2. The molecule has 3 heterocycles. The van der Waals surface area contributed by atoms with Crippen LogP contribution < -0.4 is 4.74 Å². The Balaban J connectivity index is 1.84. The smallest absolute Gasteiger partial charge is 0.154 e. The van der Waals surface area contributed by atoms with Gasteiger partial charge in [-0.2, -0.15) is 0 Å². The Labute approximate surface area is 139 Å². The minimum Gasteiger partial charge on any atom is -0.453 e. The highest BCUT2D eigenvalue weighted by atomic mass is 16.5. The van der Waals surface area contributed by atoms with Crippen molar-refractivity contribution in [1.29, 1.82) is 0 Å². The second-order valence-electron chi connectivity index (χ2n) is 5.86. The number of imidazole rings is 1. The van der Waals surface area contributed by atoms with E-state index in [9.17, 15) is 0 Å². The Morgan fingerprint density at radius 2 is 1.79 bits per heavy atom. The van der Waals surface area contributed by atoms with Gasteiger partial charge >= 0.3 is 0 Å². The lowest BCUT2D eigenvalue weighted by Gasteiger charge is -2.21. The van der Waals surface area contributed by atoms with Crippen molar-refractivity contribution in [2.45, 2.75) is 13.3 Å². The summed E-state index contributed by atoms with van der Waals surface area (Å²) >= 11 is 0. The molecule has 1 aliphatic rings. The molecule has 2 aromatic heterocycles. The Kier molecular flexibility index (Phi) is 2.73. The molecule has 0 spiro atoms. The van der Waals surface area contributed by atoms with Crippen LogP contribution in [0.15, 0.2) is 60.9 Å². The summed E-state index contributed by atoms with van der Waals surface area (Å²) in [5, 5.41) is 0. The van der Waals surface area contributed by atoms with Crippen LogP contribution >= 0.6 is 0 Å². The first-order valence-corrected chi connectivity index (χ1v) is 8.08. The SMILES string of the molecule is CCc1nc2cc(-c3ccncc3)cc3c2n1-c1ccccc1O3. The second kappa shape index (κ2) is 4.93. The lowest BCUT2D eigenvalue weighted by atomic mass is 10.1. The highest BCUT2D eigenvalue weighted by molar-refractivity contribution is 5.91. The summed E-state index contributed by atoms with van der Waals surface area (Å²) in [5.74, 6) is 2.77. The average Bonchev–Trinajstić information content (AvgIpc) is 3.02. The van der Waals surface area contributed by atoms with E-state index in [1.54, 1.807) is 12.4 Å². The van der Waals surface area contributed by atoms with E-state index in [-0.39, 0.29) is 0 Å². The summed E-state index contributed by atoms with van der Waals surface area (Å²) < 4.78 is 8.42. The third-order valence-corrected chi connectivity index (χ3v) is 4.44. The molecule has 0 bridgehead atoms. The average molecular weight is 313 g/mol. The molecule has 0 amide bonds. The molecular formula is C20H15N3O. The molecule has 4 nitrogen and oxygen atoms in total. The standard InChI is InChI=1S/C20H15N3O/c1-2-19-22-15-11-14(13-7-9-21-10-8-13)12-18-20(15)23(19)16-5-3-4-6-17(16)24-18/h3-12H,2H2,1H3. The fourth-order valence-electron chi connectivity index (χ4n) is 3.35. The number of aryl methyl sites for hydroxylation is 1. The first-order chi connectivity index (χ1) is 11.8. The number of pyridine rings is 1. The highest BCUT2D eigenvalue weighted by Gasteiger charge is 2.24. The van der Waals surface area contributed by atoms with Crippen molar-refractivity contribution in [1.82, 2.24) is 14.5 Å². The van der Waals surface area contributed by atoms with E-state index in [0.29, 0.717) is 0 Å². The van der Waals surface area contributed by atoms with Gasteiger partial charge < -0.3 is 4.74 Å². The number of hydrogen-bond donors (Lipinski definition) is 0. The van der Waals surface area contributed by atoms with Gasteiger partial charge in [0, 0.05) is 18.8 Å². The fourth-order valence-corrected chi connectivity index (χ4v) is 3.35. The third-order valence-electron chi connectivity index (χ3n) is 4.44. The molecular weight excluding hydrogens is 298 g/mol. The Hall–Kier alpha value is -3.14. The van der Waals surface area contributed by atoms with Gasteiger partial charge in [-0.15, -0.1) is 0 Å². The van der Waals surface area contributed by atoms with E-state index in [2.05, 4.69) is 34.7 Å². The molecule has 0 saturated heterocycles. The molecule has 0 aliphatic carbocycles. The molecule has 4 heteroatoms. The molecule has 0 atom stereocenters. The van der Waals surface area contributed by atoms with Gasteiger partial charge in [0.15, 0.2) is 11.5 Å². The molecule has 24 heavy (non-hydrogen) atoms. The maximum Gasteiger partial charge on any atom is 0.154 e. The number of ether oxygens (including phenoxy) is 1. The maximum absolute atomic E-state index is 6.19.